The van der Waals surface area contributed by atoms with Crippen LogP contribution in [0.2, 0.25) is 0 Å². The number of hydrogen-bond acceptors (Lipinski definition) is 7. The van der Waals surface area contributed by atoms with Crippen LogP contribution in [0, 0.1) is 17.0 Å². The van der Waals surface area contributed by atoms with Crippen molar-refractivity contribution in [2.45, 2.75) is 11.8 Å². The lowest BCUT2D eigenvalue weighted by atomic mass is 10.1. The zero-order valence-electron chi connectivity index (χ0n) is 18.3. The summed E-state index contributed by atoms with van der Waals surface area (Å²) in [6.07, 6.45) is 0. The van der Waals surface area contributed by atoms with Crippen molar-refractivity contribution in [2.24, 2.45) is 0 Å². The summed E-state index contributed by atoms with van der Waals surface area (Å²) in [5.41, 5.74) is 0.732. The summed E-state index contributed by atoms with van der Waals surface area (Å²) >= 11 is 0. The Morgan fingerprint density at radius 1 is 1.00 bits per heavy atom. The number of nitro benzene ring substituents is 1. The van der Waals surface area contributed by atoms with Crippen LogP contribution >= 0.6 is 0 Å². The van der Waals surface area contributed by atoms with Gasteiger partial charge in [-0.25, -0.2) is 13.2 Å². The molecule has 3 aromatic carbocycles. The lowest BCUT2D eigenvalue weighted by Gasteiger charge is -2.19. The number of rotatable bonds is 8. The number of sulfonamides is 1. The molecule has 0 aliphatic heterocycles. The van der Waals surface area contributed by atoms with Gasteiger partial charge in [-0.3, -0.25) is 19.2 Å². The molecule has 10 nitrogen and oxygen atoms in total. The van der Waals surface area contributed by atoms with Crippen LogP contribution in [0.25, 0.3) is 0 Å². The van der Waals surface area contributed by atoms with Gasteiger partial charge in [0, 0.05) is 13.1 Å². The van der Waals surface area contributed by atoms with Crippen LogP contribution in [0.5, 0.6) is 0 Å². The number of nitrogens with zero attached hydrogens (tertiary/aromatic N) is 2. The summed E-state index contributed by atoms with van der Waals surface area (Å²) in [6.45, 7) is 0.917. The lowest BCUT2D eigenvalue weighted by molar-refractivity contribution is -0.384. The van der Waals surface area contributed by atoms with Gasteiger partial charge < -0.3 is 10.1 Å². The number of esters is 1. The van der Waals surface area contributed by atoms with E-state index < -0.39 is 33.4 Å². The predicted molar refractivity (Wildman–Crippen MR) is 125 cm³/mol. The first-order valence-electron chi connectivity index (χ1n) is 9.96. The van der Waals surface area contributed by atoms with Crippen LogP contribution < -0.4 is 9.62 Å². The minimum absolute atomic E-state index is 0.0191. The van der Waals surface area contributed by atoms with E-state index in [1.807, 2.05) is 0 Å². The van der Waals surface area contributed by atoms with E-state index in [1.54, 1.807) is 43.3 Å². The first-order valence-corrected chi connectivity index (χ1v) is 11.4. The minimum atomic E-state index is -3.85. The molecule has 0 radical (unpaired) electrons. The topological polar surface area (TPSA) is 136 Å². The minimum Gasteiger partial charge on any atom is -0.452 e. The normalized spacial score (nSPS) is 10.9. The molecule has 1 N–H and O–H groups in total. The van der Waals surface area contributed by atoms with Crippen LogP contribution in [0.4, 0.5) is 17.1 Å². The molecular formula is C23H21N3O7S. The summed E-state index contributed by atoms with van der Waals surface area (Å²) in [5, 5.41) is 13.5. The molecule has 0 heterocycles. The van der Waals surface area contributed by atoms with Crippen LogP contribution in [-0.4, -0.2) is 38.9 Å². The lowest BCUT2D eigenvalue weighted by Crippen LogP contribution is -2.26. The molecule has 0 aliphatic rings. The van der Waals surface area contributed by atoms with Crippen molar-refractivity contribution in [3.8, 4) is 0 Å². The van der Waals surface area contributed by atoms with E-state index in [9.17, 15) is 28.1 Å². The van der Waals surface area contributed by atoms with Crippen LogP contribution in [0.1, 0.15) is 15.9 Å². The van der Waals surface area contributed by atoms with E-state index in [4.69, 9.17) is 4.74 Å². The van der Waals surface area contributed by atoms with E-state index in [1.165, 1.54) is 43.4 Å². The molecule has 0 unspecified atom stereocenters. The molecule has 3 rings (SSSR count). The Balaban J connectivity index is 1.64. The fraction of sp³-hybridized carbons (Fsp3) is 0.130. The summed E-state index contributed by atoms with van der Waals surface area (Å²) in [5.74, 6) is -1.61. The van der Waals surface area contributed by atoms with Crippen molar-refractivity contribution in [1.29, 1.82) is 0 Å². The summed E-state index contributed by atoms with van der Waals surface area (Å²) < 4.78 is 31.7. The summed E-state index contributed by atoms with van der Waals surface area (Å²) in [6, 6.07) is 17.9. The number of nitro groups is 1. The van der Waals surface area contributed by atoms with Crippen LogP contribution in [0.3, 0.4) is 0 Å². The molecule has 1 amide bonds. The second-order valence-electron chi connectivity index (χ2n) is 7.18. The highest BCUT2D eigenvalue weighted by atomic mass is 32.2. The van der Waals surface area contributed by atoms with Gasteiger partial charge in [0.2, 0.25) is 0 Å². The van der Waals surface area contributed by atoms with Crippen LogP contribution in [-0.2, 0) is 19.6 Å². The number of para-hydroxylation sites is 2. The molecule has 11 heteroatoms. The Bertz CT molecular complexity index is 1320. The first-order chi connectivity index (χ1) is 16.1. The van der Waals surface area contributed by atoms with E-state index >= 15 is 0 Å². The zero-order valence-corrected chi connectivity index (χ0v) is 19.1. The fourth-order valence-corrected chi connectivity index (χ4v) is 4.25. The second kappa shape index (κ2) is 10.1. The summed E-state index contributed by atoms with van der Waals surface area (Å²) in [7, 11) is -2.43. The Hall–Kier alpha value is -4.25. The Labute approximate surface area is 196 Å². The maximum Gasteiger partial charge on any atom is 0.338 e. The molecule has 0 fully saturated rings. The van der Waals surface area contributed by atoms with Gasteiger partial charge in [-0.05, 0) is 48.9 Å². The molecule has 3 aromatic rings. The first kappa shape index (κ1) is 24.4. The standard InChI is InChI=1S/C23H21N3O7S/c1-16-7-6-10-20(26(29)30)22(16)24-21(27)15-33-23(28)17-11-13-19(14-12-17)34(31,32)25(2)18-8-4-3-5-9-18/h3-14H,15H2,1-2H3,(H,24,27). The SMILES string of the molecule is Cc1cccc([N+](=O)[O-])c1NC(=O)COC(=O)c1ccc(S(=O)(=O)N(C)c2ccccc2)cc1. The Kier molecular flexibility index (Phi) is 7.27. The van der Waals surface area contributed by atoms with Crippen molar-refractivity contribution in [3.63, 3.8) is 0 Å². The quantitative estimate of drug-likeness (QED) is 0.294. The van der Waals surface area contributed by atoms with Crippen molar-refractivity contribution in [2.75, 3.05) is 23.3 Å². The fourth-order valence-electron chi connectivity index (χ4n) is 3.05. The average Bonchev–Trinajstić information content (AvgIpc) is 2.83. The third kappa shape index (κ3) is 5.38. The van der Waals surface area contributed by atoms with Gasteiger partial charge in [-0.15, -0.1) is 0 Å². The molecular weight excluding hydrogens is 462 g/mol. The molecule has 0 saturated carbocycles. The highest BCUT2D eigenvalue weighted by Gasteiger charge is 2.22. The van der Waals surface area contributed by atoms with Gasteiger partial charge >= 0.3 is 5.97 Å². The van der Waals surface area contributed by atoms with Gasteiger partial charge in [-0.1, -0.05) is 30.3 Å². The Morgan fingerprint density at radius 2 is 1.65 bits per heavy atom. The Morgan fingerprint density at radius 3 is 2.26 bits per heavy atom. The highest BCUT2D eigenvalue weighted by molar-refractivity contribution is 7.92. The number of benzene rings is 3. The second-order valence-corrected chi connectivity index (χ2v) is 9.15. The number of amides is 1. The predicted octanol–water partition coefficient (Wildman–Crippen LogP) is 3.52. The molecule has 0 aromatic heterocycles. The number of anilines is 2. The van der Waals surface area contributed by atoms with E-state index in [0.717, 1.165) is 4.31 Å². The van der Waals surface area contributed by atoms with Crippen molar-refractivity contribution >= 4 is 39.0 Å². The summed E-state index contributed by atoms with van der Waals surface area (Å²) in [4.78, 5) is 35.0. The average molecular weight is 484 g/mol. The smallest absolute Gasteiger partial charge is 0.338 e. The number of carbonyl (C=O) groups excluding carboxylic acids is 2. The number of ether oxygens (including phenoxy) is 1. The van der Waals surface area contributed by atoms with Crippen LogP contribution in [0.15, 0.2) is 77.7 Å². The molecule has 0 atom stereocenters. The third-order valence-corrected chi connectivity index (χ3v) is 6.71. The molecule has 176 valence electrons. The van der Waals surface area contributed by atoms with E-state index in [2.05, 4.69) is 5.32 Å². The molecule has 0 aliphatic carbocycles. The molecule has 34 heavy (non-hydrogen) atoms. The molecule has 0 saturated heterocycles. The van der Waals surface area contributed by atoms with Gasteiger partial charge in [0.1, 0.15) is 5.69 Å². The number of hydrogen-bond donors (Lipinski definition) is 1. The molecule has 0 bridgehead atoms. The largest absolute Gasteiger partial charge is 0.452 e. The van der Waals surface area contributed by atoms with Gasteiger partial charge in [0.15, 0.2) is 6.61 Å². The molecule has 0 spiro atoms. The number of aryl methyl sites for hydroxylation is 1. The number of nitrogens with one attached hydrogen (secondary N) is 1. The van der Waals surface area contributed by atoms with Crippen molar-refractivity contribution < 1.29 is 27.7 Å². The van der Waals surface area contributed by atoms with Gasteiger partial charge in [0.05, 0.1) is 21.1 Å². The third-order valence-electron chi connectivity index (χ3n) is 4.91. The maximum absolute atomic E-state index is 12.8. The van der Waals surface area contributed by atoms with E-state index in [0.29, 0.717) is 11.3 Å². The highest BCUT2D eigenvalue weighted by Crippen LogP contribution is 2.27. The van der Waals surface area contributed by atoms with Crippen molar-refractivity contribution in [1.82, 2.24) is 0 Å². The van der Waals surface area contributed by atoms with Gasteiger partial charge in [0.25, 0.3) is 21.6 Å². The van der Waals surface area contributed by atoms with Crippen molar-refractivity contribution in [3.05, 3.63) is 94.0 Å². The van der Waals surface area contributed by atoms with E-state index in [-0.39, 0.29) is 21.8 Å². The monoisotopic (exact) mass is 483 g/mol. The maximum atomic E-state index is 12.8. The number of carbonyl (C=O) groups is 2. The van der Waals surface area contributed by atoms with Gasteiger partial charge in [-0.2, -0.15) is 0 Å². The zero-order chi connectivity index (χ0) is 24.9.